The fourth-order valence-electron chi connectivity index (χ4n) is 10.7. The number of carbonyl (C=O) groups excluding carboxylic acids is 6. The molecule has 4 N–H and O–H groups in total. The highest BCUT2D eigenvalue weighted by Gasteiger charge is 2.66. The van der Waals surface area contributed by atoms with Gasteiger partial charge < -0.3 is 44.0 Å². The summed E-state index contributed by atoms with van der Waals surface area (Å²) in [5.74, 6) is -2.60. The molecule has 0 radical (unpaired) electrons. The van der Waals surface area contributed by atoms with Crippen LogP contribution in [0.2, 0.25) is 0 Å². The SMILES string of the molecule is COC(=O)C1OC(OC2CCC3(C)C(CCC4C3CCC3(C)C4CCC3(O)C(COC(C)=O)=NNC(N)=O)C2)C(OC(C)=O)C(OC(C)=O)C1OC(C)=O. The highest BCUT2D eigenvalue weighted by molar-refractivity contribution is 5.96. The van der Waals surface area contributed by atoms with Crippen LogP contribution in [-0.2, 0) is 57.1 Å². The quantitative estimate of drug-likeness (QED) is 0.0953. The van der Waals surface area contributed by atoms with Gasteiger partial charge >= 0.3 is 35.9 Å². The molecule has 0 spiro atoms. The van der Waals surface area contributed by atoms with Crippen LogP contribution in [0.5, 0.6) is 0 Å². The first-order valence-electron chi connectivity index (χ1n) is 18.7. The third-order valence-corrected chi connectivity index (χ3v) is 13.1. The number of ether oxygens (including phenoxy) is 7. The van der Waals surface area contributed by atoms with E-state index in [1.807, 2.05) is 0 Å². The number of nitrogens with zero attached hydrogens (tertiary/aromatic N) is 1. The van der Waals surface area contributed by atoms with E-state index in [0.717, 1.165) is 53.1 Å². The maximum Gasteiger partial charge on any atom is 0.339 e. The van der Waals surface area contributed by atoms with E-state index in [9.17, 15) is 33.9 Å². The van der Waals surface area contributed by atoms with E-state index in [1.54, 1.807) is 0 Å². The number of methoxy groups -OCH3 is 1. The molecule has 13 atom stereocenters. The van der Waals surface area contributed by atoms with Gasteiger partial charge in [0.15, 0.2) is 30.7 Å². The molecule has 54 heavy (non-hydrogen) atoms. The second-order valence-corrected chi connectivity index (χ2v) is 16.0. The minimum absolute atomic E-state index is 0.0506. The summed E-state index contributed by atoms with van der Waals surface area (Å²) >= 11 is 0. The van der Waals surface area contributed by atoms with Crippen molar-refractivity contribution in [2.24, 2.45) is 45.3 Å². The van der Waals surface area contributed by atoms with Gasteiger partial charge in [-0.25, -0.2) is 15.0 Å². The van der Waals surface area contributed by atoms with Crippen molar-refractivity contribution >= 4 is 41.6 Å². The molecule has 0 aromatic rings. The van der Waals surface area contributed by atoms with E-state index >= 15 is 0 Å². The Balaban J connectivity index is 1.34. The van der Waals surface area contributed by atoms with E-state index < -0.39 is 77.6 Å². The smallest absolute Gasteiger partial charge is 0.339 e. The summed E-state index contributed by atoms with van der Waals surface area (Å²) in [4.78, 5) is 72.8. The van der Waals surface area contributed by atoms with Crippen molar-refractivity contribution < 1.29 is 67.0 Å². The predicted molar refractivity (Wildman–Crippen MR) is 186 cm³/mol. The van der Waals surface area contributed by atoms with E-state index in [2.05, 4.69) is 24.4 Å². The molecule has 302 valence electrons. The van der Waals surface area contributed by atoms with Crippen LogP contribution in [0.4, 0.5) is 4.79 Å². The average molecular weight is 766 g/mol. The highest BCUT2D eigenvalue weighted by atomic mass is 16.7. The Bertz CT molecular complexity index is 1520. The zero-order valence-electron chi connectivity index (χ0n) is 32.1. The van der Waals surface area contributed by atoms with Gasteiger partial charge in [0.05, 0.1) is 13.2 Å². The van der Waals surface area contributed by atoms with Gasteiger partial charge in [0.25, 0.3) is 0 Å². The molecule has 5 fully saturated rings. The molecular formula is C37H55N3O14. The number of primary amides is 1. The van der Waals surface area contributed by atoms with Gasteiger partial charge in [-0.05, 0) is 86.9 Å². The Kier molecular flexibility index (Phi) is 12.3. The van der Waals surface area contributed by atoms with Crippen molar-refractivity contribution in [2.45, 2.75) is 142 Å². The van der Waals surface area contributed by atoms with Crippen molar-refractivity contribution in [3.05, 3.63) is 0 Å². The molecule has 2 amide bonds. The highest BCUT2D eigenvalue weighted by Crippen LogP contribution is 2.68. The number of carbonyl (C=O) groups is 6. The van der Waals surface area contributed by atoms with Crippen LogP contribution in [0.25, 0.3) is 0 Å². The fraction of sp³-hybridized carbons (Fsp3) is 0.811. The number of hydrogen-bond donors (Lipinski definition) is 3. The standard InChI is InChI=1S/C37H55N3O14/c1-18(41)49-17-27(39-40-34(38)46)37(47)15-12-26-24-9-8-22-16-23(10-13-35(22,5)25(24)11-14-36(26,37)6)53-33-31(52-21(4)44)29(51-20(3)43)28(50-19(2)42)30(54-33)32(45)48-7/h22-26,28-31,33,47H,8-17H2,1-7H3,(H3,38,40,46). The second-order valence-electron chi connectivity index (χ2n) is 16.0. The molecule has 0 bridgehead atoms. The number of urea groups is 1. The van der Waals surface area contributed by atoms with Gasteiger partial charge in [-0.2, -0.15) is 5.10 Å². The number of rotatable bonds is 10. The maximum absolute atomic E-state index is 12.9. The number of nitrogens with two attached hydrogens (primary N) is 1. The summed E-state index contributed by atoms with van der Waals surface area (Å²) in [5.41, 5.74) is 5.64. The summed E-state index contributed by atoms with van der Waals surface area (Å²) in [6.45, 7) is 8.86. The summed E-state index contributed by atoms with van der Waals surface area (Å²) in [6, 6.07) is -0.885. The largest absolute Gasteiger partial charge is 0.467 e. The molecule has 1 aliphatic heterocycles. The van der Waals surface area contributed by atoms with Gasteiger partial charge in [-0.1, -0.05) is 13.8 Å². The molecule has 0 aromatic carbocycles. The third-order valence-electron chi connectivity index (χ3n) is 13.1. The first kappa shape index (κ1) is 41.3. The van der Waals surface area contributed by atoms with Gasteiger partial charge in [0.2, 0.25) is 0 Å². The summed E-state index contributed by atoms with van der Waals surface area (Å²) < 4.78 is 39.2. The first-order valence-corrected chi connectivity index (χ1v) is 18.7. The van der Waals surface area contributed by atoms with E-state index in [0.29, 0.717) is 37.5 Å². The van der Waals surface area contributed by atoms with Crippen LogP contribution in [0.3, 0.4) is 0 Å². The van der Waals surface area contributed by atoms with Gasteiger partial charge in [0, 0.05) is 33.1 Å². The number of esters is 5. The second kappa shape index (κ2) is 16.1. The zero-order valence-corrected chi connectivity index (χ0v) is 32.1. The van der Waals surface area contributed by atoms with Gasteiger partial charge in [-0.3, -0.25) is 19.2 Å². The average Bonchev–Trinajstić information content (AvgIpc) is 3.36. The molecule has 5 aliphatic rings. The number of aliphatic hydroxyl groups is 1. The summed E-state index contributed by atoms with van der Waals surface area (Å²) in [6.07, 6.45) is -0.889. The van der Waals surface area contributed by atoms with Crippen LogP contribution in [0.15, 0.2) is 5.10 Å². The minimum atomic E-state index is -1.53. The van der Waals surface area contributed by atoms with Crippen molar-refractivity contribution in [2.75, 3.05) is 13.7 Å². The normalized spacial score (nSPS) is 40.1. The van der Waals surface area contributed by atoms with E-state index in [4.69, 9.17) is 38.9 Å². The Morgan fingerprint density at radius 3 is 2.06 bits per heavy atom. The predicted octanol–water partition coefficient (Wildman–Crippen LogP) is 2.43. The molecule has 1 heterocycles. The lowest BCUT2D eigenvalue weighted by Crippen LogP contribution is -2.64. The van der Waals surface area contributed by atoms with Crippen LogP contribution >= 0.6 is 0 Å². The molecule has 13 unspecified atom stereocenters. The van der Waals surface area contributed by atoms with Crippen LogP contribution < -0.4 is 11.2 Å². The topological polar surface area (TPSA) is 238 Å². The van der Waals surface area contributed by atoms with Crippen LogP contribution in [0.1, 0.15) is 99.3 Å². The Labute approximate surface area is 314 Å². The summed E-state index contributed by atoms with van der Waals surface area (Å²) in [7, 11) is 1.14. The lowest BCUT2D eigenvalue weighted by atomic mass is 9.44. The number of nitrogens with one attached hydrogen (secondary N) is 1. The lowest BCUT2D eigenvalue weighted by Gasteiger charge is -2.62. The molecule has 17 heteroatoms. The fourth-order valence-corrected chi connectivity index (χ4v) is 10.7. The lowest BCUT2D eigenvalue weighted by molar-refractivity contribution is -0.315. The molecule has 4 aliphatic carbocycles. The minimum Gasteiger partial charge on any atom is -0.467 e. The van der Waals surface area contributed by atoms with Crippen molar-refractivity contribution in [1.29, 1.82) is 0 Å². The van der Waals surface area contributed by atoms with E-state index in [1.165, 1.54) is 13.8 Å². The number of hydrazone groups is 1. The maximum atomic E-state index is 12.9. The molecular weight excluding hydrogens is 710 g/mol. The van der Waals surface area contributed by atoms with Crippen molar-refractivity contribution in [3.63, 3.8) is 0 Å². The van der Waals surface area contributed by atoms with Crippen LogP contribution in [-0.4, -0.2) is 103 Å². The number of fused-ring (bicyclic) bond motifs is 5. The molecule has 0 aromatic heterocycles. The number of hydrogen-bond acceptors (Lipinski definition) is 15. The van der Waals surface area contributed by atoms with Crippen molar-refractivity contribution in [3.8, 4) is 0 Å². The van der Waals surface area contributed by atoms with Gasteiger partial charge in [-0.15, -0.1) is 0 Å². The monoisotopic (exact) mass is 765 g/mol. The Hall–Kier alpha value is -3.83. The van der Waals surface area contributed by atoms with Gasteiger partial charge in [0.1, 0.15) is 17.9 Å². The summed E-state index contributed by atoms with van der Waals surface area (Å²) in [5, 5.41) is 16.5. The van der Waals surface area contributed by atoms with E-state index in [-0.39, 0.29) is 35.7 Å². The Morgan fingerprint density at radius 2 is 1.44 bits per heavy atom. The number of amides is 2. The Morgan fingerprint density at radius 1 is 0.815 bits per heavy atom. The zero-order chi connectivity index (χ0) is 39.7. The third kappa shape index (κ3) is 7.94. The molecule has 5 rings (SSSR count). The van der Waals surface area contributed by atoms with Crippen LogP contribution in [0, 0.1) is 34.5 Å². The first-order chi connectivity index (χ1) is 25.3. The molecule has 17 nitrogen and oxygen atoms in total. The van der Waals surface area contributed by atoms with Crippen molar-refractivity contribution in [1.82, 2.24) is 5.43 Å². The molecule has 4 saturated carbocycles. The molecule has 1 saturated heterocycles.